The first kappa shape index (κ1) is 21.9. The van der Waals surface area contributed by atoms with Gasteiger partial charge in [0.05, 0.1) is 41.4 Å². The third-order valence-electron chi connectivity index (χ3n) is 6.96. The van der Waals surface area contributed by atoms with Gasteiger partial charge in [-0.15, -0.1) is 0 Å². The lowest BCUT2D eigenvalue weighted by Gasteiger charge is -2.27. The van der Waals surface area contributed by atoms with E-state index in [1.54, 1.807) is 7.11 Å². The predicted molar refractivity (Wildman–Crippen MR) is 137 cm³/mol. The van der Waals surface area contributed by atoms with Crippen LogP contribution in [-0.2, 0) is 0 Å². The summed E-state index contributed by atoms with van der Waals surface area (Å²) in [6.45, 7) is 6.18. The van der Waals surface area contributed by atoms with Crippen molar-refractivity contribution in [2.45, 2.75) is 33.6 Å². The number of fused-ring (bicyclic) bond motifs is 3. The average molecular weight is 449 g/mol. The molecule has 5 rings (SSSR count). The first-order valence-corrected chi connectivity index (χ1v) is 11.6. The Kier molecular flexibility index (Phi) is 5.45. The second-order valence-electron chi connectivity index (χ2n) is 9.57. The van der Waals surface area contributed by atoms with E-state index in [9.17, 15) is 5.26 Å². The molecule has 2 aromatic heterocycles. The van der Waals surface area contributed by atoms with E-state index in [4.69, 9.17) is 14.8 Å². The van der Waals surface area contributed by atoms with Crippen molar-refractivity contribution in [3.63, 3.8) is 0 Å². The fraction of sp³-hybridized carbons (Fsp3) is 0.276. The number of aromatic amines is 1. The van der Waals surface area contributed by atoms with E-state index in [2.05, 4.69) is 60.6 Å². The minimum Gasteiger partial charge on any atom is -0.497 e. The zero-order valence-corrected chi connectivity index (χ0v) is 20.0. The fourth-order valence-electron chi connectivity index (χ4n) is 4.81. The van der Waals surface area contributed by atoms with Crippen LogP contribution >= 0.6 is 0 Å². The standard InChI is InChI=1S/C29H28N4O/c1-18-14-21(29(2,3)17-30)10-12-23(18)28-27-24-11-8-19(20-6-5-7-22(15-20)34-4)9-13-25(24)31-16-26(27)32-33-28/h5-7,9-13,15-16,18H,8,14H2,1-4H3,(H,32,33). The van der Waals surface area contributed by atoms with E-state index in [1.165, 1.54) is 16.7 Å². The normalized spacial score (nSPS) is 17.9. The molecule has 0 spiro atoms. The maximum Gasteiger partial charge on any atom is 0.119 e. The van der Waals surface area contributed by atoms with Crippen LogP contribution in [0.25, 0.3) is 34.2 Å². The fourth-order valence-corrected chi connectivity index (χ4v) is 4.81. The number of methoxy groups -OCH3 is 1. The summed E-state index contributed by atoms with van der Waals surface area (Å²) >= 11 is 0. The van der Waals surface area contributed by atoms with E-state index in [0.29, 0.717) is 0 Å². The topological polar surface area (TPSA) is 74.6 Å². The monoisotopic (exact) mass is 448 g/mol. The summed E-state index contributed by atoms with van der Waals surface area (Å²) in [5.74, 6) is 1.12. The van der Waals surface area contributed by atoms with Crippen LogP contribution < -0.4 is 15.3 Å². The number of nitrogens with zero attached hydrogens (tertiary/aromatic N) is 3. The smallest absolute Gasteiger partial charge is 0.119 e. The molecule has 34 heavy (non-hydrogen) atoms. The number of ether oxygens (including phenoxy) is 1. The number of hydrogen-bond donors (Lipinski definition) is 1. The molecule has 0 aliphatic heterocycles. The lowest BCUT2D eigenvalue weighted by atomic mass is 9.75. The van der Waals surface area contributed by atoms with Gasteiger partial charge >= 0.3 is 0 Å². The number of hydrogen-bond acceptors (Lipinski definition) is 4. The van der Waals surface area contributed by atoms with Gasteiger partial charge in [0.1, 0.15) is 5.75 Å². The average Bonchev–Trinajstić information content (AvgIpc) is 3.16. The highest BCUT2D eigenvalue weighted by atomic mass is 16.5. The molecule has 2 aliphatic carbocycles. The molecule has 1 aromatic carbocycles. The van der Waals surface area contributed by atoms with Gasteiger partial charge in [0.15, 0.2) is 0 Å². The van der Waals surface area contributed by atoms with Crippen molar-refractivity contribution in [1.82, 2.24) is 15.2 Å². The quantitative estimate of drug-likeness (QED) is 0.615. The van der Waals surface area contributed by atoms with E-state index in [-0.39, 0.29) is 5.92 Å². The third-order valence-corrected chi connectivity index (χ3v) is 6.96. The predicted octanol–water partition coefficient (Wildman–Crippen LogP) is 4.91. The van der Waals surface area contributed by atoms with Crippen LogP contribution in [0.4, 0.5) is 0 Å². The summed E-state index contributed by atoms with van der Waals surface area (Å²) in [6, 6.07) is 10.6. The molecule has 1 N–H and O–H groups in total. The Morgan fingerprint density at radius 2 is 2.03 bits per heavy atom. The van der Waals surface area contributed by atoms with Gasteiger partial charge in [0.25, 0.3) is 0 Å². The van der Waals surface area contributed by atoms with Gasteiger partial charge in [-0.1, -0.05) is 48.9 Å². The van der Waals surface area contributed by atoms with Crippen LogP contribution in [0, 0.1) is 22.7 Å². The molecule has 2 aliphatic rings. The summed E-state index contributed by atoms with van der Waals surface area (Å²) in [6.07, 6.45) is 14.3. The highest BCUT2D eigenvalue weighted by Crippen LogP contribution is 2.39. The summed E-state index contributed by atoms with van der Waals surface area (Å²) in [5.41, 5.74) is 6.16. The Hall–Kier alpha value is -3.91. The summed E-state index contributed by atoms with van der Waals surface area (Å²) in [4.78, 5) is 4.71. The van der Waals surface area contributed by atoms with Crippen LogP contribution in [0.5, 0.6) is 5.75 Å². The minimum atomic E-state index is -0.462. The van der Waals surface area contributed by atoms with Gasteiger partial charge in [-0.3, -0.25) is 10.1 Å². The first-order chi connectivity index (χ1) is 16.4. The molecular formula is C29H28N4O. The van der Waals surface area contributed by atoms with Gasteiger partial charge in [-0.05, 0) is 67.5 Å². The van der Waals surface area contributed by atoms with E-state index >= 15 is 0 Å². The van der Waals surface area contributed by atoms with Gasteiger partial charge < -0.3 is 4.74 Å². The van der Waals surface area contributed by atoms with Crippen LogP contribution in [0.1, 0.15) is 44.9 Å². The number of benzene rings is 1. The summed E-state index contributed by atoms with van der Waals surface area (Å²) < 4.78 is 5.41. The van der Waals surface area contributed by atoms with E-state index in [0.717, 1.165) is 51.3 Å². The lowest BCUT2D eigenvalue weighted by molar-refractivity contribution is 0.414. The Bertz CT molecular complexity index is 1540. The highest BCUT2D eigenvalue weighted by Gasteiger charge is 2.29. The van der Waals surface area contributed by atoms with Crippen molar-refractivity contribution in [1.29, 1.82) is 5.26 Å². The second-order valence-corrected chi connectivity index (χ2v) is 9.57. The van der Waals surface area contributed by atoms with Crippen molar-refractivity contribution in [2.24, 2.45) is 11.3 Å². The van der Waals surface area contributed by atoms with Gasteiger partial charge in [0, 0.05) is 10.6 Å². The number of aromatic nitrogens is 3. The first-order valence-electron chi connectivity index (χ1n) is 11.6. The number of H-pyrrole nitrogens is 1. The number of rotatable bonds is 4. The highest BCUT2D eigenvalue weighted by molar-refractivity contribution is 5.92. The molecule has 0 saturated heterocycles. The lowest BCUT2D eigenvalue weighted by Crippen LogP contribution is -2.28. The molecule has 0 fully saturated rings. The van der Waals surface area contributed by atoms with Gasteiger partial charge in [0.2, 0.25) is 0 Å². The Balaban J connectivity index is 1.61. The molecule has 1 atom stereocenters. The third kappa shape index (κ3) is 3.76. The number of nitrogens with one attached hydrogen (secondary N) is 1. The Morgan fingerprint density at radius 1 is 1.18 bits per heavy atom. The van der Waals surface area contributed by atoms with Crippen LogP contribution in [0.15, 0.2) is 54.3 Å². The molecule has 1 unspecified atom stereocenters. The summed E-state index contributed by atoms with van der Waals surface area (Å²) in [7, 11) is 1.69. The maximum atomic E-state index is 9.56. The maximum absolute atomic E-state index is 9.56. The van der Waals surface area contributed by atoms with Crippen molar-refractivity contribution in [3.05, 3.63) is 76.1 Å². The number of allylic oxidation sites excluding steroid dienone is 6. The molecule has 0 radical (unpaired) electrons. The zero-order valence-electron chi connectivity index (χ0n) is 20.0. The van der Waals surface area contributed by atoms with Crippen molar-refractivity contribution in [2.75, 3.05) is 7.11 Å². The number of pyridine rings is 1. The Labute approximate surface area is 199 Å². The molecule has 2 heterocycles. The molecule has 0 saturated carbocycles. The second kappa shape index (κ2) is 8.46. The van der Waals surface area contributed by atoms with Gasteiger partial charge in [-0.25, -0.2) is 0 Å². The van der Waals surface area contributed by atoms with Crippen molar-refractivity contribution in [3.8, 4) is 11.8 Å². The van der Waals surface area contributed by atoms with Crippen molar-refractivity contribution < 1.29 is 4.74 Å². The SMILES string of the molecule is COc1cccc(C2=CC=c3ncc4[nH]nc(C5=CC=C(C(C)(C)C#N)CC5C)c4c3=CC2)c1. The summed E-state index contributed by atoms with van der Waals surface area (Å²) in [5, 5.41) is 20.6. The minimum absolute atomic E-state index is 0.267. The molecule has 170 valence electrons. The van der Waals surface area contributed by atoms with E-state index < -0.39 is 5.41 Å². The van der Waals surface area contributed by atoms with Crippen molar-refractivity contribution >= 4 is 34.2 Å². The molecule has 0 amide bonds. The largest absolute Gasteiger partial charge is 0.497 e. The zero-order chi connectivity index (χ0) is 23.9. The molecule has 3 aromatic rings. The molecular weight excluding hydrogens is 420 g/mol. The Morgan fingerprint density at radius 3 is 2.79 bits per heavy atom. The van der Waals surface area contributed by atoms with Crippen LogP contribution in [-0.4, -0.2) is 22.3 Å². The number of nitriles is 1. The van der Waals surface area contributed by atoms with E-state index in [1.807, 2.05) is 32.2 Å². The molecule has 0 bridgehead atoms. The molecule has 5 heteroatoms. The van der Waals surface area contributed by atoms with Crippen LogP contribution in [0.2, 0.25) is 0 Å². The molecule has 5 nitrogen and oxygen atoms in total. The van der Waals surface area contributed by atoms with Gasteiger partial charge in [-0.2, -0.15) is 10.4 Å². The van der Waals surface area contributed by atoms with Crippen LogP contribution in [0.3, 0.4) is 0 Å².